The molecule has 9 heteroatoms. The van der Waals surface area contributed by atoms with Gasteiger partial charge in [-0.3, -0.25) is 0 Å². The summed E-state index contributed by atoms with van der Waals surface area (Å²) in [5.74, 6) is 0.921. The number of hydrazone groups is 1. The highest BCUT2D eigenvalue weighted by Crippen LogP contribution is 2.29. The number of nitrogens with two attached hydrogens (primary N) is 1. The van der Waals surface area contributed by atoms with Crippen LogP contribution in [0.15, 0.2) is 81.3 Å². The monoisotopic (exact) mass is 499 g/mol. The number of hydrazine groups is 1. The lowest BCUT2D eigenvalue weighted by Crippen LogP contribution is -2.96. The quantitative estimate of drug-likeness (QED) is 0.413. The number of hydrogen-bond acceptors (Lipinski definition) is 7. The molecule has 0 amide bonds. The highest BCUT2D eigenvalue weighted by atomic mass is 79.9. The van der Waals surface area contributed by atoms with E-state index in [2.05, 4.69) is 62.5 Å². The van der Waals surface area contributed by atoms with Gasteiger partial charge in [0.25, 0.3) is 5.84 Å². The van der Waals surface area contributed by atoms with Gasteiger partial charge in [-0.2, -0.15) is 5.43 Å². The van der Waals surface area contributed by atoms with E-state index in [1.54, 1.807) is 28.9 Å². The first-order valence-electron chi connectivity index (χ1n) is 9.24. The van der Waals surface area contributed by atoms with Gasteiger partial charge in [-0.1, -0.05) is 58.0 Å². The standard InChI is InChI=1S/C18H17N5S.C3H2BrNS/c1-13-14(2)24-18(19-13)23-21-17(15-9-5-3-6-10-15)20-22(23)16-11-7-4-8-12-16;4-3-5-1-2-6-3/h3-12H,1-2H3,(H,20,21);1-2H/p+1. The van der Waals surface area contributed by atoms with Crippen molar-refractivity contribution in [2.24, 2.45) is 5.10 Å². The minimum absolute atomic E-state index is 0.871. The van der Waals surface area contributed by atoms with Gasteiger partial charge in [-0.15, -0.1) is 16.5 Å². The van der Waals surface area contributed by atoms with Crippen molar-refractivity contribution >= 4 is 55.3 Å². The van der Waals surface area contributed by atoms with Gasteiger partial charge in [0.15, 0.2) is 3.92 Å². The molecule has 0 saturated heterocycles. The molecule has 2 N–H and O–H groups in total. The Hall–Kier alpha value is -2.59. The number of aromatic nitrogens is 2. The van der Waals surface area contributed by atoms with E-state index in [-0.39, 0.29) is 0 Å². The Morgan fingerprint density at radius 3 is 2.20 bits per heavy atom. The number of anilines is 2. The molecule has 152 valence electrons. The zero-order valence-corrected chi connectivity index (χ0v) is 19.7. The molecule has 0 aliphatic carbocycles. The summed E-state index contributed by atoms with van der Waals surface area (Å²) in [7, 11) is 0. The number of benzene rings is 2. The molecule has 1 aliphatic rings. The van der Waals surface area contributed by atoms with E-state index in [0.29, 0.717) is 0 Å². The Morgan fingerprint density at radius 1 is 0.967 bits per heavy atom. The molecule has 0 unspecified atom stereocenters. The molecule has 0 bridgehead atoms. The maximum atomic E-state index is 4.81. The molecule has 0 spiro atoms. The molecule has 2 aromatic carbocycles. The van der Waals surface area contributed by atoms with Gasteiger partial charge in [0, 0.05) is 16.5 Å². The van der Waals surface area contributed by atoms with E-state index in [1.165, 1.54) is 4.88 Å². The molecule has 30 heavy (non-hydrogen) atoms. The van der Waals surface area contributed by atoms with Crippen LogP contribution in [-0.4, -0.2) is 15.8 Å². The van der Waals surface area contributed by atoms with Crippen LogP contribution in [0.3, 0.4) is 0 Å². The van der Waals surface area contributed by atoms with Gasteiger partial charge in [0.05, 0.1) is 11.3 Å². The number of nitrogens with zero attached hydrogens (tertiary/aromatic N) is 5. The zero-order valence-electron chi connectivity index (χ0n) is 16.4. The first-order valence-corrected chi connectivity index (χ1v) is 11.7. The fourth-order valence-corrected chi connectivity index (χ4v) is 4.39. The van der Waals surface area contributed by atoms with Crippen LogP contribution < -0.4 is 15.7 Å². The van der Waals surface area contributed by atoms with Gasteiger partial charge in [0.2, 0.25) is 5.13 Å². The van der Waals surface area contributed by atoms with Crippen molar-refractivity contribution in [3.8, 4) is 0 Å². The molecule has 1 aliphatic heterocycles. The van der Waals surface area contributed by atoms with Crippen molar-refractivity contribution in [3.05, 3.63) is 92.3 Å². The van der Waals surface area contributed by atoms with Crippen LogP contribution in [0.2, 0.25) is 0 Å². The second-order valence-electron chi connectivity index (χ2n) is 6.37. The minimum Gasteiger partial charge on any atom is -0.238 e. The molecule has 4 aromatic rings. The summed E-state index contributed by atoms with van der Waals surface area (Å²) in [6.07, 6.45) is 1.76. The summed E-state index contributed by atoms with van der Waals surface area (Å²) < 4.78 is 0.947. The molecular formula is C21H20BrN6S2+. The molecule has 0 atom stereocenters. The van der Waals surface area contributed by atoms with Gasteiger partial charge >= 0.3 is 0 Å². The van der Waals surface area contributed by atoms with E-state index >= 15 is 0 Å². The third-order valence-corrected chi connectivity index (χ3v) is 6.69. The first kappa shape index (κ1) is 20.7. The number of rotatable bonds is 3. The van der Waals surface area contributed by atoms with Crippen molar-refractivity contribution in [1.29, 1.82) is 0 Å². The SMILES string of the molecule is Brc1nccs1.Cc1nc(N2N=C(c3ccccc3)[NH2+]N2c2ccccc2)sc1C. The smallest absolute Gasteiger partial charge is 0.238 e. The van der Waals surface area contributed by atoms with E-state index in [9.17, 15) is 0 Å². The van der Waals surface area contributed by atoms with Gasteiger partial charge in [-0.25, -0.2) is 9.97 Å². The van der Waals surface area contributed by atoms with Gasteiger partial charge in [-0.05, 0) is 54.0 Å². The number of amidine groups is 1. The maximum absolute atomic E-state index is 4.81. The molecule has 0 fully saturated rings. The fraction of sp³-hybridized carbons (Fsp3) is 0.0952. The summed E-state index contributed by atoms with van der Waals surface area (Å²) in [5.41, 5.74) is 5.24. The number of halogens is 1. The van der Waals surface area contributed by atoms with E-state index in [4.69, 9.17) is 5.10 Å². The average molecular weight is 500 g/mol. The molecule has 0 radical (unpaired) electrons. The zero-order chi connectivity index (χ0) is 20.9. The topological polar surface area (TPSA) is 61.2 Å². The molecule has 5 rings (SSSR count). The number of quaternary nitrogens is 1. The van der Waals surface area contributed by atoms with E-state index in [1.807, 2.05) is 58.9 Å². The number of para-hydroxylation sites is 1. The third kappa shape index (κ3) is 4.76. The van der Waals surface area contributed by atoms with Crippen LogP contribution in [0.25, 0.3) is 0 Å². The molecule has 6 nitrogen and oxygen atoms in total. The Kier molecular flexibility index (Phi) is 6.53. The van der Waals surface area contributed by atoms with E-state index in [0.717, 1.165) is 31.8 Å². The summed E-state index contributed by atoms with van der Waals surface area (Å²) >= 11 is 6.43. The molecule has 3 heterocycles. The van der Waals surface area contributed by atoms with Crippen LogP contribution in [-0.2, 0) is 0 Å². The highest BCUT2D eigenvalue weighted by molar-refractivity contribution is 9.11. The fourth-order valence-electron chi connectivity index (χ4n) is 2.73. The van der Waals surface area contributed by atoms with Crippen LogP contribution in [0, 0.1) is 13.8 Å². The predicted molar refractivity (Wildman–Crippen MR) is 128 cm³/mol. The van der Waals surface area contributed by atoms with Crippen LogP contribution in [0.4, 0.5) is 10.8 Å². The van der Waals surface area contributed by atoms with Crippen molar-refractivity contribution < 1.29 is 5.43 Å². The summed E-state index contributed by atoms with van der Waals surface area (Å²) in [6, 6.07) is 20.4. The Morgan fingerprint density at radius 2 is 1.67 bits per heavy atom. The molecule has 0 saturated carbocycles. The second-order valence-corrected chi connectivity index (χ2v) is 9.73. The van der Waals surface area contributed by atoms with Crippen LogP contribution in [0.1, 0.15) is 16.1 Å². The maximum Gasteiger partial charge on any atom is 0.277 e. The first-order chi connectivity index (χ1) is 14.6. The van der Waals surface area contributed by atoms with E-state index < -0.39 is 0 Å². The van der Waals surface area contributed by atoms with Crippen molar-refractivity contribution in [2.45, 2.75) is 13.8 Å². The minimum atomic E-state index is 0.871. The number of hydrogen-bond donors (Lipinski definition) is 1. The summed E-state index contributed by atoms with van der Waals surface area (Å²) in [5, 5.41) is 11.5. The lowest BCUT2D eigenvalue weighted by molar-refractivity contribution is -0.545. The Balaban J connectivity index is 0.000000313. The molecule has 2 aromatic heterocycles. The van der Waals surface area contributed by atoms with Crippen LogP contribution in [0.5, 0.6) is 0 Å². The predicted octanol–water partition coefficient (Wildman–Crippen LogP) is 4.75. The highest BCUT2D eigenvalue weighted by Gasteiger charge is 2.33. The second kappa shape index (κ2) is 9.48. The summed E-state index contributed by atoms with van der Waals surface area (Å²) in [6.45, 7) is 4.12. The van der Waals surface area contributed by atoms with Crippen molar-refractivity contribution in [3.63, 3.8) is 0 Å². The van der Waals surface area contributed by atoms with Gasteiger partial charge in [0.1, 0.15) is 5.69 Å². The largest absolute Gasteiger partial charge is 0.277 e. The molecular weight excluding hydrogens is 480 g/mol. The Bertz CT molecular complexity index is 1090. The number of aryl methyl sites for hydroxylation is 2. The van der Waals surface area contributed by atoms with Crippen molar-refractivity contribution in [2.75, 3.05) is 10.2 Å². The number of thiazole rings is 2. The van der Waals surface area contributed by atoms with Gasteiger partial charge < -0.3 is 0 Å². The lowest BCUT2D eigenvalue weighted by Gasteiger charge is -2.21. The summed E-state index contributed by atoms with van der Waals surface area (Å²) in [4.78, 5) is 9.73. The van der Waals surface area contributed by atoms with Crippen LogP contribution >= 0.6 is 38.6 Å². The Labute approximate surface area is 191 Å². The average Bonchev–Trinajstić information content (AvgIpc) is 3.51. The normalized spacial score (nSPS) is 13.1. The third-order valence-electron chi connectivity index (χ3n) is 4.33. The van der Waals surface area contributed by atoms with Crippen molar-refractivity contribution in [1.82, 2.24) is 9.97 Å². The lowest BCUT2D eigenvalue weighted by atomic mass is 10.2.